The van der Waals surface area contributed by atoms with Crippen LogP contribution in [-0.4, -0.2) is 18.1 Å². The fraction of sp³-hybridized carbons (Fsp3) is 0.429. The Kier molecular flexibility index (Phi) is 23.4. The maximum absolute atomic E-state index is 12.2. The zero-order chi connectivity index (χ0) is 24.8. The number of para-hydroxylation sites is 1. The number of nitrogens with zero attached hydrogens (tertiary/aromatic N) is 1. The number of carbonyl (C=O) groups excluding carboxylic acids is 1. The largest absolute Gasteiger partial charge is 0.465 e. The van der Waals surface area contributed by atoms with Crippen LogP contribution in [0.4, 0.5) is 0 Å². The number of methoxy groups -OCH3 is 1. The number of rotatable bonds is 2. The zero-order valence-corrected chi connectivity index (χ0v) is 22.0. The second kappa shape index (κ2) is 22.0. The van der Waals surface area contributed by atoms with Gasteiger partial charge in [-0.2, -0.15) is 0 Å². The minimum atomic E-state index is -0.357. The van der Waals surface area contributed by atoms with Crippen molar-refractivity contribution in [3.63, 3.8) is 0 Å². The summed E-state index contributed by atoms with van der Waals surface area (Å²) in [6.07, 6.45) is 0. The molecule has 0 fully saturated rings. The summed E-state index contributed by atoms with van der Waals surface area (Å²) in [4.78, 5) is 16.7. The van der Waals surface area contributed by atoms with E-state index in [1.54, 1.807) is 0 Å². The summed E-state index contributed by atoms with van der Waals surface area (Å²) in [7, 11) is 1.39. The average molecular weight is 428 g/mol. The number of pyridine rings is 1. The van der Waals surface area contributed by atoms with Crippen LogP contribution in [0.15, 0.2) is 54.6 Å². The Balaban J connectivity index is -0.000000692. The quantitative estimate of drug-likeness (QED) is 0.383. The fourth-order valence-electron chi connectivity index (χ4n) is 2.59. The van der Waals surface area contributed by atoms with Crippen LogP contribution in [0.2, 0.25) is 0 Å². The van der Waals surface area contributed by atoms with Crippen molar-refractivity contribution in [2.75, 3.05) is 7.11 Å². The molecule has 0 N–H and O–H groups in total. The first-order valence-corrected chi connectivity index (χ1v) is 11.8. The van der Waals surface area contributed by atoms with E-state index >= 15 is 0 Å². The van der Waals surface area contributed by atoms with Crippen molar-refractivity contribution in [2.24, 2.45) is 0 Å². The van der Waals surface area contributed by atoms with Gasteiger partial charge in [0, 0.05) is 10.9 Å². The molecule has 1 heterocycles. The second-order valence-corrected chi connectivity index (χ2v) is 4.82. The lowest BCUT2D eigenvalue weighted by Crippen LogP contribution is -2.08. The van der Waals surface area contributed by atoms with E-state index in [2.05, 4.69) is 4.98 Å². The number of esters is 1. The highest BCUT2D eigenvalue weighted by Crippen LogP contribution is 2.33. The molecule has 3 nitrogen and oxygen atoms in total. The van der Waals surface area contributed by atoms with Crippen molar-refractivity contribution < 1.29 is 9.53 Å². The summed E-state index contributed by atoms with van der Waals surface area (Å²) in [5, 5.41) is 0.953. The molecule has 31 heavy (non-hydrogen) atoms. The van der Waals surface area contributed by atoms with Crippen LogP contribution < -0.4 is 0 Å². The Morgan fingerprint density at radius 1 is 0.710 bits per heavy atom. The lowest BCUT2D eigenvalue weighted by Gasteiger charge is -2.14. The van der Waals surface area contributed by atoms with Gasteiger partial charge in [0.05, 0.1) is 23.9 Å². The molecule has 2 aromatic carbocycles. The second-order valence-electron chi connectivity index (χ2n) is 4.82. The normalized spacial score (nSPS) is 8.13. The topological polar surface area (TPSA) is 39.2 Å². The number of aryl methyl sites for hydroxylation is 1. The summed E-state index contributed by atoms with van der Waals surface area (Å²) in [5.74, 6) is -0.357. The van der Waals surface area contributed by atoms with Gasteiger partial charge in [0.2, 0.25) is 0 Å². The number of aromatic nitrogens is 1. The molecule has 0 unspecified atom stereocenters. The van der Waals surface area contributed by atoms with E-state index < -0.39 is 0 Å². The van der Waals surface area contributed by atoms with Gasteiger partial charge in [-0.1, -0.05) is 118 Å². The van der Waals surface area contributed by atoms with Gasteiger partial charge < -0.3 is 4.74 Å². The van der Waals surface area contributed by atoms with E-state index in [9.17, 15) is 4.79 Å². The fourth-order valence-corrected chi connectivity index (χ4v) is 2.59. The Hall–Kier alpha value is -2.68. The van der Waals surface area contributed by atoms with Crippen molar-refractivity contribution >= 4 is 16.9 Å². The van der Waals surface area contributed by atoms with Crippen LogP contribution >= 0.6 is 0 Å². The third-order valence-corrected chi connectivity index (χ3v) is 3.53. The van der Waals surface area contributed by atoms with Crippen molar-refractivity contribution in [2.45, 2.75) is 76.2 Å². The predicted molar refractivity (Wildman–Crippen MR) is 140 cm³/mol. The Morgan fingerprint density at radius 3 is 1.65 bits per heavy atom. The molecule has 0 radical (unpaired) electrons. The summed E-state index contributed by atoms with van der Waals surface area (Å²) in [6.45, 7) is 21.8. The molecule has 0 aliphatic rings. The maximum atomic E-state index is 12.2. The van der Waals surface area contributed by atoms with Crippen molar-refractivity contribution in [1.82, 2.24) is 4.98 Å². The molecule has 0 saturated carbocycles. The van der Waals surface area contributed by atoms with E-state index in [1.165, 1.54) is 7.11 Å². The van der Waals surface area contributed by atoms with Gasteiger partial charge in [0.25, 0.3) is 0 Å². The number of carbonyl (C=O) groups is 1. The molecule has 3 aromatic rings. The van der Waals surface area contributed by atoms with Gasteiger partial charge in [0.15, 0.2) is 0 Å². The van der Waals surface area contributed by atoms with Crippen LogP contribution in [0.25, 0.3) is 22.0 Å². The van der Waals surface area contributed by atoms with E-state index in [4.69, 9.17) is 4.74 Å². The predicted octanol–water partition coefficient (Wildman–Crippen LogP) is 9.13. The molecule has 3 rings (SSSR count). The van der Waals surface area contributed by atoms with E-state index in [1.807, 2.05) is 131 Å². The first-order valence-electron chi connectivity index (χ1n) is 11.8. The van der Waals surface area contributed by atoms with Gasteiger partial charge in [-0.25, -0.2) is 4.79 Å². The monoisotopic (exact) mass is 427 g/mol. The molecule has 1 aromatic heterocycles. The van der Waals surface area contributed by atoms with Crippen molar-refractivity contribution in [1.29, 1.82) is 0 Å². The minimum absolute atomic E-state index is 0.357. The smallest absolute Gasteiger partial charge is 0.340 e. The average Bonchev–Trinajstić information content (AvgIpc) is 2.89. The number of fused-ring (bicyclic) bond motifs is 1. The van der Waals surface area contributed by atoms with E-state index in [0.717, 1.165) is 22.0 Å². The van der Waals surface area contributed by atoms with Crippen LogP contribution in [0.1, 0.15) is 85.3 Å². The molecule has 0 atom stereocenters. The highest BCUT2D eigenvalue weighted by Gasteiger charge is 2.20. The lowest BCUT2D eigenvalue weighted by atomic mass is 9.94. The molecule has 0 amide bonds. The Labute approximate surface area is 191 Å². The van der Waals surface area contributed by atoms with Gasteiger partial charge in [-0.05, 0) is 18.6 Å². The molecule has 174 valence electrons. The van der Waals surface area contributed by atoms with Gasteiger partial charge >= 0.3 is 5.97 Å². The van der Waals surface area contributed by atoms with E-state index in [-0.39, 0.29) is 5.97 Å². The highest BCUT2D eigenvalue weighted by atomic mass is 16.5. The van der Waals surface area contributed by atoms with Crippen LogP contribution in [0.5, 0.6) is 0 Å². The molecular formula is C28H45NO2. The van der Waals surface area contributed by atoms with Crippen molar-refractivity contribution in [3.8, 4) is 11.1 Å². The first kappa shape index (κ1) is 33.0. The molecule has 3 heteroatoms. The third kappa shape index (κ3) is 9.78. The molecule has 0 aliphatic carbocycles. The van der Waals surface area contributed by atoms with Gasteiger partial charge in [0.1, 0.15) is 0 Å². The van der Waals surface area contributed by atoms with Crippen LogP contribution in [0.3, 0.4) is 0 Å². The maximum Gasteiger partial charge on any atom is 0.340 e. The molecule has 0 aliphatic heterocycles. The zero-order valence-electron chi connectivity index (χ0n) is 22.0. The SMILES string of the molecule is CC.CC.CC.CC.CC.COC(=O)c1c(C)nc2ccccc2c1-c1ccccc1. The Morgan fingerprint density at radius 2 is 1.16 bits per heavy atom. The van der Waals surface area contributed by atoms with E-state index in [0.29, 0.717) is 11.3 Å². The third-order valence-electron chi connectivity index (χ3n) is 3.53. The minimum Gasteiger partial charge on any atom is -0.465 e. The number of benzene rings is 2. The molecular weight excluding hydrogens is 382 g/mol. The highest BCUT2D eigenvalue weighted by molar-refractivity contribution is 6.07. The first-order chi connectivity index (χ1) is 15.2. The Bertz CT molecular complexity index is 812. The standard InChI is InChI=1S/C18H15NO2.5C2H6/c1-12-16(18(20)21-2)17(13-8-4-3-5-9-13)14-10-6-7-11-15(14)19-12;5*1-2/h3-11H,1-2H3;5*1-2H3. The lowest BCUT2D eigenvalue weighted by molar-refractivity contribution is 0.0600. The van der Waals surface area contributed by atoms with Gasteiger partial charge in [-0.15, -0.1) is 0 Å². The summed E-state index contributed by atoms with van der Waals surface area (Å²) in [5.41, 5.74) is 3.95. The van der Waals surface area contributed by atoms with Crippen LogP contribution in [-0.2, 0) is 4.74 Å². The van der Waals surface area contributed by atoms with Gasteiger partial charge in [-0.3, -0.25) is 4.98 Å². The van der Waals surface area contributed by atoms with Crippen LogP contribution in [0, 0.1) is 6.92 Å². The molecule has 0 saturated heterocycles. The summed E-state index contributed by atoms with van der Waals surface area (Å²) in [6, 6.07) is 17.7. The molecule has 0 spiro atoms. The summed E-state index contributed by atoms with van der Waals surface area (Å²) < 4.78 is 4.95. The summed E-state index contributed by atoms with van der Waals surface area (Å²) >= 11 is 0. The van der Waals surface area contributed by atoms with Crippen molar-refractivity contribution in [3.05, 3.63) is 65.9 Å². The number of hydrogen-bond donors (Lipinski definition) is 0. The number of ether oxygens (including phenoxy) is 1. The number of hydrogen-bond acceptors (Lipinski definition) is 3. The molecule has 0 bridgehead atoms.